The van der Waals surface area contributed by atoms with Gasteiger partial charge >= 0.3 is 0 Å². The van der Waals surface area contributed by atoms with Crippen LogP contribution < -0.4 is 10.6 Å². The molecular formula is C14H17N3OS. The van der Waals surface area contributed by atoms with Gasteiger partial charge in [-0.05, 0) is 25.5 Å². The topological polar surface area (TPSA) is 54.0 Å². The van der Waals surface area contributed by atoms with Crippen molar-refractivity contribution in [1.82, 2.24) is 4.98 Å². The van der Waals surface area contributed by atoms with E-state index in [0.29, 0.717) is 6.42 Å². The molecule has 0 aliphatic rings. The Bertz CT molecular complexity index is 592. The molecule has 1 aromatic carbocycles. The number of thiazole rings is 1. The number of rotatable bonds is 4. The number of aromatic nitrogens is 1. The van der Waals surface area contributed by atoms with Gasteiger partial charge in [-0.2, -0.15) is 0 Å². The van der Waals surface area contributed by atoms with Crippen molar-refractivity contribution in [3.8, 4) is 0 Å². The molecule has 0 radical (unpaired) electrons. The number of benzene rings is 1. The fraction of sp³-hybridized carbons (Fsp3) is 0.286. The smallest absolute Gasteiger partial charge is 0.230 e. The number of carbonyl (C=O) groups is 1. The first-order valence-electron chi connectivity index (χ1n) is 6.07. The van der Waals surface area contributed by atoms with Crippen LogP contribution >= 0.6 is 11.3 Å². The van der Waals surface area contributed by atoms with Gasteiger partial charge in [0.1, 0.15) is 0 Å². The first-order valence-corrected chi connectivity index (χ1v) is 6.95. The van der Waals surface area contributed by atoms with Crippen molar-refractivity contribution >= 4 is 28.1 Å². The summed E-state index contributed by atoms with van der Waals surface area (Å²) in [6.45, 7) is 4.03. The predicted octanol–water partition coefficient (Wildman–Crippen LogP) is 2.98. The van der Waals surface area contributed by atoms with Crippen LogP contribution in [0.3, 0.4) is 0 Å². The average Bonchev–Trinajstić information content (AvgIpc) is 2.80. The van der Waals surface area contributed by atoms with Gasteiger partial charge in [0.05, 0.1) is 12.1 Å². The Kier molecular flexibility index (Phi) is 4.16. The summed E-state index contributed by atoms with van der Waals surface area (Å²) in [7, 11) is 1.82. The van der Waals surface area contributed by atoms with E-state index in [-0.39, 0.29) is 5.91 Å². The zero-order chi connectivity index (χ0) is 13.8. The van der Waals surface area contributed by atoms with Crippen LogP contribution in [0.1, 0.15) is 16.8 Å². The Balaban J connectivity index is 2.01. The van der Waals surface area contributed by atoms with Crippen molar-refractivity contribution in [2.45, 2.75) is 20.3 Å². The minimum absolute atomic E-state index is 0.0418. The molecule has 19 heavy (non-hydrogen) atoms. The fourth-order valence-corrected chi connectivity index (χ4v) is 2.49. The van der Waals surface area contributed by atoms with Crippen LogP contribution in [-0.4, -0.2) is 17.9 Å². The third-order valence-corrected chi connectivity index (χ3v) is 3.67. The van der Waals surface area contributed by atoms with Gasteiger partial charge in [-0.1, -0.05) is 17.7 Å². The number of hydrogen-bond acceptors (Lipinski definition) is 4. The Morgan fingerprint density at radius 1 is 1.37 bits per heavy atom. The number of aryl methyl sites for hydroxylation is 2. The number of nitrogens with zero attached hydrogens (tertiary/aromatic N) is 1. The standard InChI is InChI=1S/C14H17N3OS/c1-9-4-5-12(10(2)6-9)17-13(18)7-11-8-19-14(15-3)16-11/h4-6,8H,7H2,1-3H3,(H,15,16)(H,17,18). The zero-order valence-electron chi connectivity index (χ0n) is 11.3. The van der Waals surface area contributed by atoms with Crippen molar-refractivity contribution in [1.29, 1.82) is 0 Å². The molecule has 4 nitrogen and oxygen atoms in total. The minimum Gasteiger partial charge on any atom is -0.365 e. The second kappa shape index (κ2) is 5.84. The predicted molar refractivity (Wildman–Crippen MR) is 79.9 cm³/mol. The summed E-state index contributed by atoms with van der Waals surface area (Å²) in [6, 6.07) is 5.98. The van der Waals surface area contributed by atoms with Crippen LogP contribution in [-0.2, 0) is 11.2 Å². The summed E-state index contributed by atoms with van der Waals surface area (Å²) in [4.78, 5) is 16.2. The molecule has 0 aliphatic carbocycles. The van der Waals surface area contributed by atoms with E-state index in [0.717, 1.165) is 22.1 Å². The maximum atomic E-state index is 11.9. The van der Waals surface area contributed by atoms with E-state index < -0.39 is 0 Å². The molecule has 0 aliphatic heterocycles. The van der Waals surface area contributed by atoms with Crippen molar-refractivity contribution in [3.63, 3.8) is 0 Å². The summed E-state index contributed by atoms with van der Waals surface area (Å²) >= 11 is 1.50. The Morgan fingerprint density at radius 2 is 2.16 bits per heavy atom. The van der Waals surface area contributed by atoms with E-state index in [2.05, 4.69) is 21.7 Å². The first-order chi connectivity index (χ1) is 9.08. The van der Waals surface area contributed by atoms with Crippen molar-refractivity contribution in [2.75, 3.05) is 17.7 Å². The summed E-state index contributed by atoms with van der Waals surface area (Å²) in [6.07, 6.45) is 0.297. The van der Waals surface area contributed by atoms with Gasteiger partial charge in [0, 0.05) is 18.1 Å². The molecule has 2 N–H and O–H groups in total. The molecule has 0 spiro atoms. The van der Waals surface area contributed by atoms with Gasteiger partial charge in [-0.25, -0.2) is 4.98 Å². The zero-order valence-corrected chi connectivity index (χ0v) is 12.1. The summed E-state index contributed by atoms with van der Waals surface area (Å²) in [5.74, 6) is -0.0418. The Morgan fingerprint density at radius 3 is 2.79 bits per heavy atom. The van der Waals surface area contributed by atoms with Gasteiger partial charge in [0.2, 0.25) is 5.91 Å². The van der Waals surface area contributed by atoms with Gasteiger partial charge in [0.15, 0.2) is 5.13 Å². The number of carbonyl (C=O) groups excluding carboxylic acids is 1. The molecule has 2 aromatic rings. The SMILES string of the molecule is CNc1nc(CC(=O)Nc2ccc(C)cc2C)cs1. The van der Waals surface area contributed by atoms with E-state index in [1.165, 1.54) is 16.9 Å². The molecule has 1 amide bonds. The van der Waals surface area contributed by atoms with Crippen molar-refractivity contribution in [3.05, 3.63) is 40.4 Å². The molecule has 0 fully saturated rings. The van der Waals surface area contributed by atoms with E-state index in [9.17, 15) is 4.79 Å². The molecule has 0 unspecified atom stereocenters. The lowest BCUT2D eigenvalue weighted by atomic mass is 10.1. The van der Waals surface area contributed by atoms with Crippen LogP contribution in [0.5, 0.6) is 0 Å². The third kappa shape index (κ3) is 3.54. The van der Waals surface area contributed by atoms with Crippen molar-refractivity contribution in [2.24, 2.45) is 0 Å². The molecule has 100 valence electrons. The highest BCUT2D eigenvalue weighted by Gasteiger charge is 2.08. The highest BCUT2D eigenvalue weighted by Crippen LogP contribution is 2.18. The average molecular weight is 275 g/mol. The second-order valence-electron chi connectivity index (χ2n) is 4.44. The van der Waals surface area contributed by atoms with Gasteiger partial charge < -0.3 is 10.6 Å². The fourth-order valence-electron chi connectivity index (χ4n) is 1.82. The molecule has 0 saturated carbocycles. The molecular weight excluding hydrogens is 258 g/mol. The monoisotopic (exact) mass is 275 g/mol. The molecule has 2 rings (SSSR count). The lowest BCUT2D eigenvalue weighted by molar-refractivity contribution is -0.115. The van der Waals surface area contributed by atoms with Gasteiger partial charge in [-0.15, -0.1) is 11.3 Å². The largest absolute Gasteiger partial charge is 0.365 e. The first kappa shape index (κ1) is 13.5. The van der Waals surface area contributed by atoms with Crippen LogP contribution in [0.4, 0.5) is 10.8 Å². The molecule has 1 aromatic heterocycles. The normalized spacial score (nSPS) is 10.3. The number of nitrogens with one attached hydrogen (secondary N) is 2. The van der Waals surface area contributed by atoms with Crippen LogP contribution in [0.25, 0.3) is 0 Å². The molecule has 1 heterocycles. The molecule has 0 bridgehead atoms. The van der Waals surface area contributed by atoms with Crippen LogP contribution in [0, 0.1) is 13.8 Å². The minimum atomic E-state index is -0.0418. The lowest BCUT2D eigenvalue weighted by Crippen LogP contribution is -2.15. The lowest BCUT2D eigenvalue weighted by Gasteiger charge is -2.08. The van der Waals surface area contributed by atoms with Crippen molar-refractivity contribution < 1.29 is 4.79 Å². The van der Waals surface area contributed by atoms with Gasteiger partial charge in [-0.3, -0.25) is 4.79 Å². The number of amides is 1. The highest BCUT2D eigenvalue weighted by molar-refractivity contribution is 7.13. The summed E-state index contributed by atoms with van der Waals surface area (Å²) in [5.41, 5.74) is 3.91. The summed E-state index contributed by atoms with van der Waals surface area (Å²) in [5, 5.41) is 8.60. The van der Waals surface area contributed by atoms with E-state index in [1.54, 1.807) is 0 Å². The molecule has 0 atom stereocenters. The highest BCUT2D eigenvalue weighted by atomic mass is 32.1. The second-order valence-corrected chi connectivity index (χ2v) is 5.30. The number of anilines is 2. The Labute approximate surface area is 116 Å². The third-order valence-electron chi connectivity index (χ3n) is 2.76. The summed E-state index contributed by atoms with van der Waals surface area (Å²) < 4.78 is 0. The quantitative estimate of drug-likeness (QED) is 0.902. The number of hydrogen-bond donors (Lipinski definition) is 2. The maximum absolute atomic E-state index is 11.9. The molecule has 0 saturated heterocycles. The van der Waals surface area contributed by atoms with Gasteiger partial charge in [0.25, 0.3) is 0 Å². The van der Waals surface area contributed by atoms with Crippen LogP contribution in [0.2, 0.25) is 0 Å². The van der Waals surface area contributed by atoms with Crippen LogP contribution in [0.15, 0.2) is 23.6 Å². The molecule has 5 heteroatoms. The Hall–Kier alpha value is -1.88. The van der Waals surface area contributed by atoms with E-state index in [1.807, 2.05) is 38.4 Å². The van der Waals surface area contributed by atoms with E-state index >= 15 is 0 Å². The maximum Gasteiger partial charge on any atom is 0.230 e. The van der Waals surface area contributed by atoms with E-state index in [4.69, 9.17) is 0 Å².